The van der Waals surface area contributed by atoms with Crippen molar-refractivity contribution in [1.29, 1.82) is 5.26 Å². The van der Waals surface area contributed by atoms with Gasteiger partial charge >= 0.3 is 0 Å². The van der Waals surface area contributed by atoms with Crippen molar-refractivity contribution < 1.29 is 4.52 Å². The fourth-order valence-electron chi connectivity index (χ4n) is 1.88. The van der Waals surface area contributed by atoms with Gasteiger partial charge in [0.25, 0.3) is 0 Å². The van der Waals surface area contributed by atoms with E-state index in [0.29, 0.717) is 35.2 Å². The Balaban J connectivity index is 1.80. The van der Waals surface area contributed by atoms with Gasteiger partial charge in [0, 0.05) is 6.20 Å². The van der Waals surface area contributed by atoms with Crippen molar-refractivity contribution in [2.24, 2.45) is 0 Å². The van der Waals surface area contributed by atoms with Gasteiger partial charge in [-0.05, 0) is 30.7 Å². The Morgan fingerprint density at radius 2 is 1.95 bits per heavy atom. The number of benzene rings is 1. The third-order valence-corrected chi connectivity index (χ3v) is 2.91. The van der Waals surface area contributed by atoms with Crippen LogP contribution in [0.1, 0.15) is 22.8 Å². The topological polar surface area (TPSA) is 88.5 Å². The molecule has 0 bridgehead atoms. The van der Waals surface area contributed by atoms with Gasteiger partial charge in [-0.25, -0.2) is 9.97 Å². The van der Waals surface area contributed by atoms with E-state index in [9.17, 15) is 0 Å². The molecule has 0 radical (unpaired) electrons. The lowest BCUT2D eigenvalue weighted by molar-refractivity contribution is 0.385. The molecule has 0 aliphatic heterocycles. The van der Waals surface area contributed by atoms with Crippen LogP contribution in [-0.2, 0) is 6.42 Å². The average Bonchev–Trinajstić information content (AvgIpc) is 2.97. The third kappa shape index (κ3) is 2.92. The van der Waals surface area contributed by atoms with E-state index in [0.717, 1.165) is 5.56 Å². The summed E-state index contributed by atoms with van der Waals surface area (Å²) in [7, 11) is 0. The Labute approximate surface area is 121 Å². The van der Waals surface area contributed by atoms with E-state index >= 15 is 0 Å². The number of aryl methyl sites for hydroxylation is 1. The average molecular weight is 277 g/mol. The van der Waals surface area contributed by atoms with E-state index in [1.54, 1.807) is 31.3 Å². The van der Waals surface area contributed by atoms with Gasteiger partial charge in [0.05, 0.1) is 18.1 Å². The third-order valence-electron chi connectivity index (χ3n) is 2.91. The van der Waals surface area contributed by atoms with Gasteiger partial charge in [0.2, 0.25) is 11.7 Å². The predicted molar refractivity (Wildman–Crippen MR) is 74.0 cm³/mol. The van der Waals surface area contributed by atoms with E-state index in [1.807, 2.05) is 12.1 Å². The lowest BCUT2D eigenvalue weighted by Gasteiger charge is -1.96. The molecule has 2 heterocycles. The van der Waals surface area contributed by atoms with Gasteiger partial charge in [0.15, 0.2) is 0 Å². The molecular formula is C15H11N5O. The highest BCUT2D eigenvalue weighted by Gasteiger charge is 2.10. The minimum atomic E-state index is 0.448. The fraction of sp³-hybridized carbons (Fsp3) is 0.133. The van der Waals surface area contributed by atoms with E-state index < -0.39 is 0 Å². The fourth-order valence-corrected chi connectivity index (χ4v) is 1.88. The first-order valence-electron chi connectivity index (χ1n) is 6.36. The van der Waals surface area contributed by atoms with Crippen molar-refractivity contribution in [3.05, 3.63) is 59.4 Å². The molecule has 0 spiro atoms. The molecule has 2 aromatic heterocycles. The van der Waals surface area contributed by atoms with E-state index in [2.05, 4.69) is 26.2 Å². The highest BCUT2D eigenvalue weighted by molar-refractivity contribution is 5.47. The summed E-state index contributed by atoms with van der Waals surface area (Å²) in [4.78, 5) is 12.6. The van der Waals surface area contributed by atoms with Crippen LogP contribution in [0.25, 0.3) is 11.5 Å². The van der Waals surface area contributed by atoms with Crippen molar-refractivity contribution >= 4 is 0 Å². The lowest BCUT2D eigenvalue weighted by Crippen LogP contribution is -1.92. The van der Waals surface area contributed by atoms with Gasteiger partial charge in [0.1, 0.15) is 11.5 Å². The Kier molecular flexibility index (Phi) is 3.39. The summed E-state index contributed by atoms with van der Waals surface area (Å²) in [5.74, 6) is 1.61. The highest BCUT2D eigenvalue weighted by atomic mass is 16.5. The van der Waals surface area contributed by atoms with Crippen LogP contribution in [0.15, 0.2) is 41.1 Å². The normalized spacial score (nSPS) is 10.3. The smallest absolute Gasteiger partial charge is 0.231 e. The zero-order valence-corrected chi connectivity index (χ0v) is 11.3. The quantitative estimate of drug-likeness (QED) is 0.729. The van der Waals surface area contributed by atoms with E-state index in [-0.39, 0.29) is 0 Å². The van der Waals surface area contributed by atoms with Crippen LogP contribution in [0, 0.1) is 18.3 Å². The predicted octanol–water partition coefficient (Wildman–Crippen LogP) is 2.30. The molecule has 0 saturated carbocycles. The molecule has 0 aliphatic rings. The van der Waals surface area contributed by atoms with Crippen molar-refractivity contribution in [2.75, 3.05) is 0 Å². The molecule has 0 aliphatic carbocycles. The van der Waals surface area contributed by atoms with Crippen LogP contribution in [0.3, 0.4) is 0 Å². The molecule has 0 atom stereocenters. The summed E-state index contributed by atoms with van der Waals surface area (Å²) in [5.41, 5.74) is 2.27. The number of hydrogen-bond donors (Lipinski definition) is 0. The van der Waals surface area contributed by atoms with Gasteiger partial charge in [-0.1, -0.05) is 17.3 Å². The monoisotopic (exact) mass is 277 g/mol. The van der Waals surface area contributed by atoms with Crippen LogP contribution in [-0.4, -0.2) is 20.1 Å². The maximum absolute atomic E-state index is 8.77. The Bertz CT molecular complexity index is 801. The highest BCUT2D eigenvalue weighted by Crippen LogP contribution is 2.15. The molecule has 0 unspecified atom stereocenters. The number of aromatic nitrogens is 4. The summed E-state index contributed by atoms with van der Waals surface area (Å²) >= 11 is 0. The largest absolute Gasteiger partial charge is 0.339 e. The van der Waals surface area contributed by atoms with Gasteiger partial charge in [-0.15, -0.1) is 0 Å². The molecule has 102 valence electrons. The second-order valence-corrected chi connectivity index (χ2v) is 4.49. The minimum Gasteiger partial charge on any atom is -0.339 e. The standard InChI is InChI=1S/C15H11N5O/c1-10-17-7-6-13(18-10)15-19-14(21-20-15)8-11-2-4-12(9-16)5-3-11/h2-7H,8H2,1H3. The molecule has 3 aromatic rings. The molecule has 21 heavy (non-hydrogen) atoms. The first-order chi connectivity index (χ1) is 10.2. The molecule has 0 saturated heterocycles. The summed E-state index contributed by atoms with van der Waals surface area (Å²) in [5, 5.41) is 12.7. The molecule has 3 rings (SSSR count). The van der Waals surface area contributed by atoms with Crippen molar-refractivity contribution in [3.8, 4) is 17.6 Å². The molecule has 0 amide bonds. The summed E-state index contributed by atoms with van der Waals surface area (Å²) in [6.45, 7) is 1.81. The molecule has 6 nitrogen and oxygen atoms in total. The maximum Gasteiger partial charge on any atom is 0.231 e. The summed E-state index contributed by atoms with van der Waals surface area (Å²) in [6.07, 6.45) is 2.18. The molecular weight excluding hydrogens is 266 g/mol. The zero-order valence-electron chi connectivity index (χ0n) is 11.3. The number of nitriles is 1. The number of nitrogens with zero attached hydrogens (tertiary/aromatic N) is 5. The number of rotatable bonds is 3. The SMILES string of the molecule is Cc1nccc(-c2noc(Cc3ccc(C#N)cc3)n2)n1. The summed E-state index contributed by atoms with van der Waals surface area (Å²) in [6, 6.07) is 11.1. The van der Waals surface area contributed by atoms with Crippen molar-refractivity contribution in [2.45, 2.75) is 13.3 Å². The minimum absolute atomic E-state index is 0.448. The molecule has 0 N–H and O–H groups in total. The molecule has 1 aromatic carbocycles. The number of hydrogen-bond acceptors (Lipinski definition) is 6. The maximum atomic E-state index is 8.77. The van der Waals surface area contributed by atoms with Crippen LogP contribution in [0.4, 0.5) is 0 Å². The van der Waals surface area contributed by atoms with E-state index in [1.165, 1.54) is 0 Å². The molecule has 0 fully saturated rings. The second kappa shape index (κ2) is 5.51. The lowest BCUT2D eigenvalue weighted by atomic mass is 10.1. The van der Waals surface area contributed by atoms with Gasteiger partial charge in [-0.3, -0.25) is 0 Å². The van der Waals surface area contributed by atoms with Crippen LogP contribution < -0.4 is 0 Å². The van der Waals surface area contributed by atoms with Crippen LogP contribution >= 0.6 is 0 Å². The van der Waals surface area contributed by atoms with Crippen molar-refractivity contribution in [1.82, 2.24) is 20.1 Å². The second-order valence-electron chi connectivity index (χ2n) is 4.49. The Morgan fingerprint density at radius 3 is 2.67 bits per heavy atom. The van der Waals surface area contributed by atoms with Crippen LogP contribution in [0.5, 0.6) is 0 Å². The first kappa shape index (κ1) is 12.9. The van der Waals surface area contributed by atoms with Gasteiger partial charge in [-0.2, -0.15) is 10.2 Å². The molecule has 6 heteroatoms. The van der Waals surface area contributed by atoms with Crippen molar-refractivity contribution in [3.63, 3.8) is 0 Å². The Morgan fingerprint density at radius 1 is 1.14 bits per heavy atom. The van der Waals surface area contributed by atoms with E-state index in [4.69, 9.17) is 9.78 Å². The summed E-state index contributed by atoms with van der Waals surface area (Å²) < 4.78 is 5.23. The zero-order chi connectivity index (χ0) is 14.7. The Hall–Kier alpha value is -3.07. The van der Waals surface area contributed by atoms with Crippen LogP contribution in [0.2, 0.25) is 0 Å². The first-order valence-corrected chi connectivity index (χ1v) is 6.36. The van der Waals surface area contributed by atoms with Gasteiger partial charge < -0.3 is 4.52 Å².